The van der Waals surface area contributed by atoms with E-state index in [-0.39, 0.29) is 0 Å². The summed E-state index contributed by atoms with van der Waals surface area (Å²) in [6.45, 7) is 14.2. The lowest BCUT2D eigenvalue weighted by Gasteiger charge is -2.45. The van der Waals surface area contributed by atoms with Crippen LogP contribution in [0.25, 0.3) is 0 Å². The molecule has 0 radical (unpaired) electrons. The number of rotatable bonds is 4. The second kappa shape index (κ2) is 7.21. The largest absolute Gasteiger partial charge is 0.311 e. The van der Waals surface area contributed by atoms with Crippen LogP contribution < -0.4 is 5.32 Å². The number of nitrogens with zero attached hydrogens (tertiary/aromatic N) is 3. The predicted molar refractivity (Wildman–Crippen MR) is 86.2 cm³/mol. The molecule has 1 N–H and O–H groups in total. The van der Waals surface area contributed by atoms with Gasteiger partial charge in [-0.3, -0.25) is 9.80 Å². The molecule has 0 aromatic heterocycles. The summed E-state index contributed by atoms with van der Waals surface area (Å²) < 4.78 is 0. The van der Waals surface area contributed by atoms with Gasteiger partial charge in [-0.2, -0.15) is 0 Å². The number of hydrogen-bond donors (Lipinski definition) is 1. The average molecular weight is 282 g/mol. The molecule has 0 spiro atoms. The lowest BCUT2D eigenvalue weighted by molar-refractivity contribution is 0.0473. The van der Waals surface area contributed by atoms with Gasteiger partial charge in [0.15, 0.2) is 0 Å². The predicted octanol–water partition coefficient (Wildman–Crippen LogP) is 0.941. The van der Waals surface area contributed by atoms with E-state index >= 15 is 0 Å². The maximum Gasteiger partial charge on any atom is 0.0347 e. The van der Waals surface area contributed by atoms with Crippen molar-refractivity contribution in [2.45, 2.75) is 45.3 Å². The highest BCUT2D eigenvalue weighted by Gasteiger charge is 2.31. The molecule has 20 heavy (non-hydrogen) atoms. The summed E-state index contributed by atoms with van der Waals surface area (Å²) in [4.78, 5) is 7.74. The minimum absolute atomic E-state index is 0.663. The Labute approximate surface area is 125 Å². The lowest BCUT2D eigenvalue weighted by Crippen LogP contribution is -2.62. The van der Waals surface area contributed by atoms with Crippen molar-refractivity contribution in [3.05, 3.63) is 0 Å². The zero-order chi connectivity index (χ0) is 14.7. The molecule has 0 bridgehead atoms. The van der Waals surface area contributed by atoms with E-state index in [9.17, 15) is 0 Å². The quantitative estimate of drug-likeness (QED) is 0.828. The third-order valence-corrected chi connectivity index (χ3v) is 5.49. The zero-order valence-electron chi connectivity index (χ0n) is 14.1. The molecule has 2 heterocycles. The fourth-order valence-corrected chi connectivity index (χ4v) is 3.44. The van der Waals surface area contributed by atoms with E-state index in [1.807, 2.05) is 0 Å². The summed E-state index contributed by atoms with van der Waals surface area (Å²) in [5.74, 6) is 0.775. The smallest absolute Gasteiger partial charge is 0.0347 e. The van der Waals surface area contributed by atoms with Crippen LogP contribution >= 0.6 is 0 Å². The van der Waals surface area contributed by atoms with Gasteiger partial charge in [0.2, 0.25) is 0 Å². The van der Waals surface area contributed by atoms with Gasteiger partial charge in [-0.25, -0.2) is 0 Å². The molecule has 4 unspecified atom stereocenters. The molecule has 0 aromatic carbocycles. The second-order valence-corrected chi connectivity index (χ2v) is 7.10. The number of hydrogen-bond acceptors (Lipinski definition) is 4. The molecule has 2 saturated heterocycles. The third kappa shape index (κ3) is 3.94. The number of nitrogens with one attached hydrogen (secondary N) is 1. The van der Waals surface area contributed by atoms with Crippen LogP contribution in [0.3, 0.4) is 0 Å². The van der Waals surface area contributed by atoms with Crippen LogP contribution in [0.2, 0.25) is 0 Å². The summed E-state index contributed by atoms with van der Waals surface area (Å²) in [5.41, 5.74) is 0. The Morgan fingerprint density at radius 2 is 1.95 bits per heavy atom. The molecule has 118 valence electrons. The van der Waals surface area contributed by atoms with E-state index in [2.05, 4.69) is 54.9 Å². The molecule has 4 heteroatoms. The van der Waals surface area contributed by atoms with Crippen molar-refractivity contribution in [3.63, 3.8) is 0 Å². The topological polar surface area (TPSA) is 21.8 Å². The van der Waals surface area contributed by atoms with Gasteiger partial charge >= 0.3 is 0 Å². The van der Waals surface area contributed by atoms with E-state index in [4.69, 9.17) is 0 Å². The number of piperazine rings is 2. The Bertz CT molecular complexity index is 296. The van der Waals surface area contributed by atoms with Gasteiger partial charge in [0.1, 0.15) is 0 Å². The van der Waals surface area contributed by atoms with Crippen molar-refractivity contribution >= 4 is 0 Å². The molecular weight excluding hydrogens is 248 g/mol. The summed E-state index contributed by atoms with van der Waals surface area (Å²) in [7, 11) is 4.54. The first-order valence-electron chi connectivity index (χ1n) is 8.37. The zero-order valence-corrected chi connectivity index (χ0v) is 14.1. The first kappa shape index (κ1) is 16.2. The highest BCUT2D eigenvalue weighted by Crippen LogP contribution is 2.17. The SMILES string of the molecule is CCC(C)C1CN(CC2CN(C)CCN2C)C(C)CN1. The summed E-state index contributed by atoms with van der Waals surface area (Å²) >= 11 is 0. The van der Waals surface area contributed by atoms with Crippen LogP contribution in [-0.4, -0.2) is 86.2 Å². The standard InChI is InChI=1S/C16H34N4/c1-6-13(2)16-12-20(14(3)9-17-16)11-15-10-18(4)7-8-19(15)5/h13-17H,6-12H2,1-5H3. The molecule has 0 amide bonds. The van der Waals surface area contributed by atoms with Gasteiger partial charge in [-0.15, -0.1) is 0 Å². The van der Waals surface area contributed by atoms with E-state index in [1.54, 1.807) is 0 Å². The van der Waals surface area contributed by atoms with Crippen molar-refractivity contribution < 1.29 is 0 Å². The Morgan fingerprint density at radius 3 is 2.65 bits per heavy atom. The maximum atomic E-state index is 3.74. The van der Waals surface area contributed by atoms with Gasteiger partial charge in [-0.1, -0.05) is 20.3 Å². The van der Waals surface area contributed by atoms with E-state index in [0.29, 0.717) is 18.1 Å². The maximum absolute atomic E-state index is 3.74. The van der Waals surface area contributed by atoms with Crippen molar-refractivity contribution in [2.75, 3.05) is 53.4 Å². The molecule has 2 aliphatic heterocycles. The molecule has 4 atom stereocenters. The van der Waals surface area contributed by atoms with Crippen LogP contribution in [0.15, 0.2) is 0 Å². The van der Waals surface area contributed by atoms with E-state index in [1.165, 1.54) is 39.1 Å². The van der Waals surface area contributed by atoms with Crippen molar-refractivity contribution in [3.8, 4) is 0 Å². The van der Waals surface area contributed by atoms with Crippen LogP contribution in [0.4, 0.5) is 0 Å². The highest BCUT2D eigenvalue weighted by atomic mass is 15.3. The Balaban J connectivity index is 1.92. The minimum Gasteiger partial charge on any atom is -0.311 e. The third-order valence-electron chi connectivity index (χ3n) is 5.49. The van der Waals surface area contributed by atoms with E-state index in [0.717, 1.165) is 12.5 Å². The van der Waals surface area contributed by atoms with Crippen molar-refractivity contribution in [1.82, 2.24) is 20.0 Å². The Kier molecular flexibility index (Phi) is 5.84. The fraction of sp³-hybridized carbons (Fsp3) is 1.00. The molecule has 0 saturated carbocycles. The van der Waals surface area contributed by atoms with E-state index < -0.39 is 0 Å². The van der Waals surface area contributed by atoms with Crippen LogP contribution in [0.5, 0.6) is 0 Å². The minimum atomic E-state index is 0.663. The van der Waals surface area contributed by atoms with Crippen molar-refractivity contribution in [2.24, 2.45) is 5.92 Å². The first-order chi connectivity index (χ1) is 9.51. The molecule has 4 nitrogen and oxygen atoms in total. The van der Waals surface area contributed by atoms with Crippen molar-refractivity contribution in [1.29, 1.82) is 0 Å². The normalized spacial score (nSPS) is 36.1. The molecule has 2 fully saturated rings. The highest BCUT2D eigenvalue weighted by molar-refractivity contribution is 4.90. The van der Waals surface area contributed by atoms with Gasteiger partial charge < -0.3 is 10.2 Å². The van der Waals surface area contributed by atoms with Gasteiger partial charge in [0.25, 0.3) is 0 Å². The second-order valence-electron chi connectivity index (χ2n) is 7.10. The summed E-state index contributed by atoms with van der Waals surface area (Å²) in [5, 5.41) is 3.74. The Hall–Kier alpha value is -0.160. The first-order valence-corrected chi connectivity index (χ1v) is 8.37. The summed E-state index contributed by atoms with van der Waals surface area (Å²) in [6, 6.07) is 2.02. The lowest BCUT2D eigenvalue weighted by atomic mass is 9.95. The molecular formula is C16H34N4. The monoisotopic (exact) mass is 282 g/mol. The Morgan fingerprint density at radius 1 is 1.20 bits per heavy atom. The molecule has 0 aliphatic carbocycles. The van der Waals surface area contributed by atoms with Gasteiger partial charge in [0, 0.05) is 57.4 Å². The molecule has 0 aromatic rings. The number of likely N-dealkylation sites (N-methyl/N-ethyl adjacent to an activating group) is 2. The molecule has 2 aliphatic rings. The van der Waals surface area contributed by atoms with Crippen LogP contribution in [0, 0.1) is 5.92 Å². The molecule has 2 rings (SSSR count). The summed E-state index contributed by atoms with van der Waals surface area (Å²) in [6.07, 6.45) is 1.27. The van der Waals surface area contributed by atoms with Gasteiger partial charge in [-0.05, 0) is 26.9 Å². The van der Waals surface area contributed by atoms with Crippen LogP contribution in [0.1, 0.15) is 27.2 Å². The van der Waals surface area contributed by atoms with Crippen LogP contribution in [-0.2, 0) is 0 Å². The van der Waals surface area contributed by atoms with Gasteiger partial charge in [0.05, 0.1) is 0 Å². The average Bonchev–Trinajstić information content (AvgIpc) is 2.44. The fourth-order valence-electron chi connectivity index (χ4n) is 3.44.